The molecule has 1 aromatic rings. The molecule has 5 heteroatoms. The lowest BCUT2D eigenvalue weighted by Gasteiger charge is -2.23. The number of hydrogen-bond acceptors (Lipinski definition) is 3. The predicted molar refractivity (Wildman–Crippen MR) is 58.5 cm³/mol. The van der Waals surface area contributed by atoms with Crippen molar-refractivity contribution in [2.24, 2.45) is 0 Å². The van der Waals surface area contributed by atoms with Crippen molar-refractivity contribution in [3.8, 4) is 0 Å². The Balaban J connectivity index is 2.22. The number of pyridine rings is 1. The van der Waals surface area contributed by atoms with E-state index in [-0.39, 0.29) is 6.04 Å². The van der Waals surface area contributed by atoms with Crippen LogP contribution in [0.1, 0.15) is 11.7 Å². The van der Waals surface area contributed by atoms with Crippen LogP contribution in [-0.2, 0) is 4.74 Å². The van der Waals surface area contributed by atoms with Gasteiger partial charge >= 0.3 is 0 Å². The molecule has 76 valence electrons. The van der Waals surface area contributed by atoms with Crippen molar-refractivity contribution in [2.45, 2.75) is 6.04 Å². The van der Waals surface area contributed by atoms with E-state index in [9.17, 15) is 0 Å². The Morgan fingerprint density at radius 1 is 1.64 bits per heavy atom. The highest BCUT2D eigenvalue weighted by molar-refractivity contribution is 9.10. The fourth-order valence-electron chi connectivity index (χ4n) is 1.42. The van der Waals surface area contributed by atoms with Crippen LogP contribution < -0.4 is 5.32 Å². The van der Waals surface area contributed by atoms with Gasteiger partial charge in [-0.3, -0.25) is 4.98 Å². The minimum absolute atomic E-state index is 0.115. The zero-order valence-corrected chi connectivity index (χ0v) is 9.81. The molecule has 1 saturated heterocycles. The highest BCUT2D eigenvalue weighted by Crippen LogP contribution is 2.24. The molecular formula is C9H10BrClN2O. The van der Waals surface area contributed by atoms with Gasteiger partial charge in [-0.2, -0.15) is 0 Å². The van der Waals surface area contributed by atoms with Crippen LogP contribution in [0.5, 0.6) is 0 Å². The van der Waals surface area contributed by atoms with E-state index in [1.54, 1.807) is 6.20 Å². The molecule has 0 spiro atoms. The molecule has 1 aliphatic rings. The van der Waals surface area contributed by atoms with Gasteiger partial charge in [0.2, 0.25) is 0 Å². The van der Waals surface area contributed by atoms with Crippen molar-refractivity contribution in [1.29, 1.82) is 0 Å². The van der Waals surface area contributed by atoms with E-state index in [1.165, 1.54) is 0 Å². The van der Waals surface area contributed by atoms with Crippen molar-refractivity contribution in [1.82, 2.24) is 10.3 Å². The molecule has 1 atom stereocenters. The molecule has 0 saturated carbocycles. The third-order valence-electron chi connectivity index (χ3n) is 2.09. The maximum Gasteiger partial charge on any atom is 0.0783 e. The lowest BCUT2D eigenvalue weighted by Crippen LogP contribution is -2.35. The zero-order chi connectivity index (χ0) is 9.97. The third-order valence-corrected chi connectivity index (χ3v) is 2.82. The number of nitrogens with one attached hydrogen (secondary N) is 1. The summed E-state index contributed by atoms with van der Waals surface area (Å²) in [6.45, 7) is 2.23. The Labute approximate surface area is 95.9 Å². The molecule has 3 nitrogen and oxygen atoms in total. The van der Waals surface area contributed by atoms with E-state index in [0.29, 0.717) is 11.6 Å². The van der Waals surface area contributed by atoms with Gasteiger partial charge in [-0.15, -0.1) is 0 Å². The molecule has 2 rings (SSSR count). The molecular weight excluding hydrogens is 267 g/mol. The number of halogens is 2. The Hall–Kier alpha value is -0.160. The molecule has 0 unspecified atom stereocenters. The van der Waals surface area contributed by atoms with Gasteiger partial charge in [-0.05, 0) is 22.0 Å². The average Bonchev–Trinajstić information content (AvgIpc) is 2.19. The lowest BCUT2D eigenvalue weighted by atomic mass is 10.2. The molecule has 0 bridgehead atoms. The molecule has 14 heavy (non-hydrogen) atoms. The highest BCUT2D eigenvalue weighted by atomic mass is 79.9. The minimum Gasteiger partial charge on any atom is -0.378 e. The monoisotopic (exact) mass is 276 g/mol. The number of nitrogens with zero attached hydrogens (tertiary/aromatic N) is 1. The summed E-state index contributed by atoms with van der Waals surface area (Å²) in [6.07, 6.45) is 1.75. The Bertz CT molecular complexity index is 329. The maximum atomic E-state index is 6.07. The first-order valence-corrected chi connectivity index (χ1v) is 5.56. The SMILES string of the molecule is Clc1cc(Br)cnc1[C@@H]1COCCN1. The fraction of sp³-hybridized carbons (Fsp3) is 0.444. The maximum absolute atomic E-state index is 6.07. The Morgan fingerprint density at radius 3 is 3.14 bits per heavy atom. The van der Waals surface area contributed by atoms with E-state index in [4.69, 9.17) is 16.3 Å². The molecule has 1 fully saturated rings. The number of aromatic nitrogens is 1. The summed E-state index contributed by atoms with van der Waals surface area (Å²) in [6, 6.07) is 1.96. The standard InChI is InChI=1S/C9H10BrClN2O/c10-6-3-7(11)9(13-4-6)8-5-14-2-1-12-8/h3-4,8,12H,1-2,5H2/t8-/m0/s1. The summed E-state index contributed by atoms with van der Waals surface area (Å²) in [4.78, 5) is 4.28. The third kappa shape index (κ3) is 2.25. The molecule has 0 radical (unpaired) electrons. The normalized spacial score (nSPS) is 22.3. The average molecular weight is 278 g/mol. The molecule has 0 amide bonds. The second-order valence-electron chi connectivity index (χ2n) is 3.10. The van der Waals surface area contributed by atoms with Crippen LogP contribution in [0.4, 0.5) is 0 Å². The lowest BCUT2D eigenvalue weighted by molar-refractivity contribution is 0.0756. The van der Waals surface area contributed by atoms with Crippen LogP contribution >= 0.6 is 27.5 Å². The summed E-state index contributed by atoms with van der Waals surface area (Å²) in [5.74, 6) is 0. The predicted octanol–water partition coefficient (Wildman–Crippen LogP) is 2.16. The van der Waals surface area contributed by atoms with Crippen LogP contribution in [-0.4, -0.2) is 24.7 Å². The van der Waals surface area contributed by atoms with E-state index < -0.39 is 0 Å². The molecule has 1 aliphatic heterocycles. The van der Waals surface area contributed by atoms with Crippen LogP contribution in [0.15, 0.2) is 16.7 Å². The van der Waals surface area contributed by atoms with E-state index in [2.05, 4.69) is 26.2 Å². The molecule has 1 N–H and O–H groups in total. The number of morpholine rings is 1. The summed E-state index contributed by atoms with van der Waals surface area (Å²) in [5.41, 5.74) is 0.856. The quantitative estimate of drug-likeness (QED) is 0.854. The van der Waals surface area contributed by atoms with Crippen molar-refractivity contribution in [3.05, 3.63) is 27.5 Å². The second kappa shape index (κ2) is 4.57. The van der Waals surface area contributed by atoms with Crippen molar-refractivity contribution in [3.63, 3.8) is 0 Å². The Morgan fingerprint density at radius 2 is 2.50 bits per heavy atom. The van der Waals surface area contributed by atoms with E-state index in [1.807, 2.05) is 6.07 Å². The Kier molecular flexibility index (Phi) is 3.38. The van der Waals surface area contributed by atoms with E-state index in [0.717, 1.165) is 23.3 Å². The van der Waals surface area contributed by atoms with Crippen molar-refractivity contribution in [2.75, 3.05) is 19.8 Å². The first-order valence-electron chi connectivity index (χ1n) is 4.39. The van der Waals surface area contributed by atoms with Crippen LogP contribution in [0.3, 0.4) is 0 Å². The van der Waals surface area contributed by atoms with Crippen molar-refractivity contribution < 1.29 is 4.74 Å². The molecule has 0 aromatic carbocycles. The summed E-state index contributed by atoms with van der Waals surface area (Å²) in [5, 5.41) is 3.98. The van der Waals surface area contributed by atoms with Crippen LogP contribution in [0, 0.1) is 0 Å². The minimum atomic E-state index is 0.115. The fourth-order valence-corrected chi connectivity index (χ4v) is 2.18. The van der Waals surface area contributed by atoms with Gasteiger partial charge in [-0.1, -0.05) is 11.6 Å². The van der Waals surface area contributed by atoms with Gasteiger partial charge in [0.15, 0.2) is 0 Å². The van der Waals surface area contributed by atoms with Gasteiger partial charge in [0.1, 0.15) is 0 Å². The van der Waals surface area contributed by atoms with Crippen LogP contribution in [0.2, 0.25) is 5.02 Å². The van der Waals surface area contributed by atoms with Crippen molar-refractivity contribution >= 4 is 27.5 Å². The molecule has 1 aromatic heterocycles. The van der Waals surface area contributed by atoms with Gasteiger partial charge in [0.05, 0.1) is 30.0 Å². The van der Waals surface area contributed by atoms with E-state index >= 15 is 0 Å². The van der Waals surface area contributed by atoms with Gasteiger partial charge in [0, 0.05) is 17.2 Å². The smallest absolute Gasteiger partial charge is 0.0783 e. The zero-order valence-electron chi connectivity index (χ0n) is 7.46. The number of ether oxygens (including phenoxy) is 1. The number of hydrogen-bond donors (Lipinski definition) is 1. The van der Waals surface area contributed by atoms with Gasteiger partial charge in [-0.25, -0.2) is 0 Å². The largest absolute Gasteiger partial charge is 0.378 e. The molecule has 2 heterocycles. The van der Waals surface area contributed by atoms with Gasteiger partial charge in [0.25, 0.3) is 0 Å². The summed E-state index contributed by atoms with van der Waals surface area (Å²) >= 11 is 9.40. The number of rotatable bonds is 1. The summed E-state index contributed by atoms with van der Waals surface area (Å²) < 4.78 is 6.24. The summed E-state index contributed by atoms with van der Waals surface area (Å²) in [7, 11) is 0. The first kappa shape index (κ1) is 10.4. The highest BCUT2D eigenvalue weighted by Gasteiger charge is 2.19. The second-order valence-corrected chi connectivity index (χ2v) is 4.43. The van der Waals surface area contributed by atoms with Crippen LogP contribution in [0.25, 0.3) is 0 Å². The first-order chi connectivity index (χ1) is 6.77. The topological polar surface area (TPSA) is 34.1 Å². The molecule has 0 aliphatic carbocycles. The van der Waals surface area contributed by atoms with Gasteiger partial charge < -0.3 is 10.1 Å².